The van der Waals surface area contributed by atoms with E-state index in [2.05, 4.69) is 26.5 Å². The molecule has 8 nitrogen and oxygen atoms in total. The number of hydrogen-bond donors (Lipinski definition) is 2. The van der Waals surface area contributed by atoms with Gasteiger partial charge in [-0.2, -0.15) is 10.4 Å². The minimum Gasteiger partial charge on any atom is -0.347 e. The third kappa shape index (κ3) is 3.74. The number of carbonyl (C=O) groups excluding carboxylic acids is 1. The number of fused-ring (bicyclic) bond motifs is 2. The molecule has 0 aliphatic carbocycles. The summed E-state index contributed by atoms with van der Waals surface area (Å²) in [5.41, 5.74) is 5.47. The number of carbonyl (C=O) groups is 1. The molecule has 0 saturated carbocycles. The van der Waals surface area contributed by atoms with Gasteiger partial charge in [0.1, 0.15) is 5.82 Å². The summed E-state index contributed by atoms with van der Waals surface area (Å²) >= 11 is 0. The molecule has 3 heterocycles. The minimum atomic E-state index is -0.0328. The van der Waals surface area contributed by atoms with Crippen molar-refractivity contribution in [1.82, 2.24) is 9.88 Å². The smallest absolute Gasteiger partial charge is 0.256 e. The minimum absolute atomic E-state index is 0.0328. The molecule has 0 radical (unpaired) electrons. The number of hydrogen-bond acceptors (Lipinski definition) is 7. The zero-order chi connectivity index (χ0) is 21.1. The molecule has 8 heteroatoms. The van der Waals surface area contributed by atoms with Gasteiger partial charge in [0, 0.05) is 37.1 Å². The molecular formula is C22H23N7O. The zero-order valence-corrected chi connectivity index (χ0v) is 16.7. The van der Waals surface area contributed by atoms with Crippen molar-refractivity contribution in [3.8, 4) is 6.07 Å². The lowest BCUT2D eigenvalue weighted by Gasteiger charge is -2.42. The van der Waals surface area contributed by atoms with Crippen LogP contribution in [0.15, 0.2) is 41.5 Å². The maximum absolute atomic E-state index is 13.3. The molecule has 2 fully saturated rings. The Hall–Kier alpha value is -3.73. The first kappa shape index (κ1) is 19.6. The van der Waals surface area contributed by atoms with E-state index in [1.165, 1.54) is 6.21 Å². The number of hydrazone groups is 1. The number of para-hydroxylation sites is 1. The number of nitrogens with zero attached hydrogens (tertiary/aromatic N) is 5. The molecule has 2 aliphatic heterocycles. The number of nitrogens with one attached hydrogen (secondary N) is 2. The molecule has 0 spiro atoms. The Balaban J connectivity index is 1.55. The second kappa shape index (κ2) is 8.33. The van der Waals surface area contributed by atoms with E-state index in [4.69, 9.17) is 5.41 Å². The number of anilines is 2. The molecule has 1 aromatic heterocycles. The maximum atomic E-state index is 13.3. The highest BCUT2D eigenvalue weighted by molar-refractivity contribution is 6.14. The van der Waals surface area contributed by atoms with Crippen molar-refractivity contribution in [2.75, 3.05) is 23.4 Å². The van der Waals surface area contributed by atoms with Gasteiger partial charge in [0.2, 0.25) is 0 Å². The van der Waals surface area contributed by atoms with Gasteiger partial charge in [-0.15, -0.1) is 0 Å². The Morgan fingerprint density at radius 2 is 2.03 bits per heavy atom. The summed E-state index contributed by atoms with van der Waals surface area (Å²) in [6.07, 6.45) is 4.39. The van der Waals surface area contributed by atoms with Crippen LogP contribution in [-0.4, -0.2) is 53.4 Å². The van der Waals surface area contributed by atoms with Crippen LogP contribution in [0.1, 0.15) is 34.5 Å². The van der Waals surface area contributed by atoms with Crippen LogP contribution < -0.4 is 10.3 Å². The first-order valence-electron chi connectivity index (χ1n) is 9.94. The molecule has 1 amide bonds. The van der Waals surface area contributed by atoms with E-state index in [0.717, 1.165) is 30.6 Å². The zero-order valence-electron chi connectivity index (χ0n) is 16.7. The number of amides is 1. The van der Waals surface area contributed by atoms with E-state index in [1.807, 2.05) is 30.0 Å². The summed E-state index contributed by atoms with van der Waals surface area (Å²) in [5, 5.41) is 20.3. The van der Waals surface area contributed by atoms with Crippen LogP contribution in [0.3, 0.4) is 0 Å². The topological polar surface area (TPSA) is 108 Å². The molecule has 30 heavy (non-hydrogen) atoms. The van der Waals surface area contributed by atoms with Crippen LogP contribution in [0.2, 0.25) is 0 Å². The fraction of sp³-hybridized carbons (Fsp3) is 0.318. The van der Waals surface area contributed by atoms with E-state index in [9.17, 15) is 10.1 Å². The number of benzene rings is 1. The molecule has 2 bridgehead atoms. The van der Waals surface area contributed by atoms with Gasteiger partial charge in [-0.25, -0.2) is 4.98 Å². The van der Waals surface area contributed by atoms with Gasteiger partial charge in [-0.05, 0) is 44.0 Å². The second-order valence-electron chi connectivity index (χ2n) is 7.57. The molecule has 152 valence electrons. The van der Waals surface area contributed by atoms with Crippen molar-refractivity contribution >= 4 is 29.8 Å². The predicted molar refractivity (Wildman–Crippen MR) is 116 cm³/mol. The summed E-state index contributed by atoms with van der Waals surface area (Å²) in [4.78, 5) is 22.1. The summed E-state index contributed by atoms with van der Waals surface area (Å²) in [6.45, 7) is 3.13. The molecule has 2 saturated heterocycles. The summed E-state index contributed by atoms with van der Waals surface area (Å²) in [6, 6.07) is 13.5. The largest absolute Gasteiger partial charge is 0.347 e. The Morgan fingerprint density at radius 1 is 1.30 bits per heavy atom. The van der Waals surface area contributed by atoms with Crippen LogP contribution in [0.5, 0.6) is 0 Å². The number of nitriles is 1. The van der Waals surface area contributed by atoms with Crippen molar-refractivity contribution in [3.05, 3.63) is 53.2 Å². The molecule has 4 rings (SSSR count). The third-order valence-electron chi connectivity index (χ3n) is 5.59. The Kier molecular flexibility index (Phi) is 5.44. The predicted octanol–water partition coefficient (Wildman–Crippen LogP) is 2.80. The fourth-order valence-electron chi connectivity index (χ4n) is 4.37. The van der Waals surface area contributed by atoms with Gasteiger partial charge in [0.25, 0.3) is 5.91 Å². The number of pyridine rings is 1. The number of aromatic nitrogens is 1. The summed E-state index contributed by atoms with van der Waals surface area (Å²) in [5.74, 6) is 0.795. The second-order valence-corrected chi connectivity index (χ2v) is 7.57. The number of aryl methyl sites for hydroxylation is 1. The lowest BCUT2D eigenvalue weighted by Crippen LogP contribution is -2.55. The van der Waals surface area contributed by atoms with Crippen molar-refractivity contribution in [2.24, 2.45) is 5.10 Å². The van der Waals surface area contributed by atoms with E-state index in [0.29, 0.717) is 29.9 Å². The van der Waals surface area contributed by atoms with E-state index < -0.39 is 0 Å². The van der Waals surface area contributed by atoms with E-state index >= 15 is 0 Å². The van der Waals surface area contributed by atoms with Crippen molar-refractivity contribution in [2.45, 2.75) is 31.8 Å². The van der Waals surface area contributed by atoms with Gasteiger partial charge >= 0.3 is 0 Å². The van der Waals surface area contributed by atoms with E-state index in [1.54, 1.807) is 18.2 Å². The Labute approximate surface area is 175 Å². The molecule has 2 aliphatic rings. The fourth-order valence-corrected chi connectivity index (χ4v) is 4.37. The Morgan fingerprint density at radius 3 is 2.73 bits per heavy atom. The van der Waals surface area contributed by atoms with E-state index in [-0.39, 0.29) is 18.0 Å². The standard InChI is InChI=1S/C22H23N7O/c1-15-10-16(12-24)11-21(26-15)29-17-6-7-18(29)14-28(13-17)22(30)19-4-2-3-5-20(19)27-25-9-8-23/h2-5,8-11,17-18,23,27H,6-7,13-14H2,1H3/b23-8?,25-9-. The molecule has 2 aromatic rings. The number of rotatable bonds is 5. The third-order valence-corrected chi connectivity index (χ3v) is 5.59. The highest BCUT2D eigenvalue weighted by atomic mass is 16.2. The average molecular weight is 401 g/mol. The maximum Gasteiger partial charge on any atom is 0.256 e. The van der Waals surface area contributed by atoms with Crippen LogP contribution in [-0.2, 0) is 0 Å². The van der Waals surface area contributed by atoms with Crippen LogP contribution in [0.25, 0.3) is 0 Å². The van der Waals surface area contributed by atoms with Gasteiger partial charge in [-0.3, -0.25) is 10.2 Å². The first-order valence-corrected chi connectivity index (χ1v) is 9.94. The van der Waals surface area contributed by atoms with Gasteiger partial charge in [0.05, 0.1) is 29.1 Å². The highest BCUT2D eigenvalue weighted by Gasteiger charge is 2.42. The quantitative estimate of drug-likeness (QED) is 0.592. The summed E-state index contributed by atoms with van der Waals surface area (Å²) < 4.78 is 0. The molecule has 1 aromatic carbocycles. The molecule has 2 atom stereocenters. The normalized spacial score (nSPS) is 20.3. The van der Waals surface area contributed by atoms with Crippen molar-refractivity contribution < 1.29 is 4.79 Å². The Bertz CT molecular complexity index is 1030. The monoisotopic (exact) mass is 401 g/mol. The molecular weight excluding hydrogens is 378 g/mol. The number of piperazine rings is 1. The van der Waals surface area contributed by atoms with Gasteiger partial charge < -0.3 is 15.2 Å². The SMILES string of the molecule is Cc1cc(C#N)cc(N2C3CCC2CN(C(=O)c2ccccc2N/N=C\C=N)C3)n1. The van der Waals surface area contributed by atoms with Crippen LogP contribution in [0, 0.1) is 23.7 Å². The molecule has 2 N–H and O–H groups in total. The first-order chi connectivity index (χ1) is 14.6. The number of likely N-dealkylation sites (tertiary alicyclic amines) is 1. The summed E-state index contributed by atoms with van der Waals surface area (Å²) in [7, 11) is 0. The van der Waals surface area contributed by atoms with Crippen LogP contribution in [0.4, 0.5) is 11.5 Å². The van der Waals surface area contributed by atoms with Crippen molar-refractivity contribution in [3.63, 3.8) is 0 Å². The lowest BCUT2D eigenvalue weighted by atomic mass is 10.1. The highest BCUT2D eigenvalue weighted by Crippen LogP contribution is 2.35. The van der Waals surface area contributed by atoms with Gasteiger partial charge in [0.15, 0.2) is 0 Å². The van der Waals surface area contributed by atoms with Crippen LogP contribution >= 0.6 is 0 Å². The van der Waals surface area contributed by atoms with Gasteiger partial charge in [-0.1, -0.05) is 12.1 Å². The molecule has 2 unspecified atom stereocenters. The average Bonchev–Trinajstić information content (AvgIpc) is 3.02. The van der Waals surface area contributed by atoms with Crippen molar-refractivity contribution in [1.29, 1.82) is 10.7 Å². The lowest BCUT2D eigenvalue weighted by molar-refractivity contribution is 0.0718.